The Morgan fingerprint density at radius 1 is 1.38 bits per heavy atom. The van der Waals surface area contributed by atoms with E-state index in [1.165, 1.54) is 18.4 Å². The van der Waals surface area contributed by atoms with Crippen LogP contribution >= 0.6 is 0 Å². The maximum absolute atomic E-state index is 5.78. The Kier molecular flexibility index (Phi) is 4.97. The van der Waals surface area contributed by atoms with E-state index in [1.54, 1.807) is 0 Å². The third-order valence-electron chi connectivity index (χ3n) is 3.87. The molecular weight excluding hydrogens is 264 g/mol. The molecule has 0 aliphatic carbocycles. The molecule has 112 valence electrons. The predicted molar refractivity (Wildman–Crippen MR) is 80.8 cm³/mol. The lowest BCUT2D eigenvalue weighted by molar-refractivity contribution is 0.0705. The lowest BCUT2D eigenvalue weighted by atomic mass is 10.2. The molecule has 0 saturated carbocycles. The van der Waals surface area contributed by atoms with Gasteiger partial charge in [-0.2, -0.15) is 5.10 Å². The van der Waals surface area contributed by atoms with E-state index in [-0.39, 0.29) is 0 Å². The molecular formula is C16H22N4O. The highest BCUT2D eigenvalue weighted by Gasteiger charge is 2.19. The van der Waals surface area contributed by atoms with E-state index in [0.717, 1.165) is 38.4 Å². The van der Waals surface area contributed by atoms with Crippen LogP contribution < -0.4 is 0 Å². The van der Waals surface area contributed by atoms with Crippen molar-refractivity contribution in [1.29, 1.82) is 0 Å². The van der Waals surface area contributed by atoms with Crippen molar-refractivity contribution in [2.24, 2.45) is 0 Å². The molecule has 1 saturated heterocycles. The molecule has 5 heteroatoms. The van der Waals surface area contributed by atoms with Gasteiger partial charge in [-0.15, -0.1) is 0 Å². The van der Waals surface area contributed by atoms with Crippen LogP contribution in [0.1, 0.15) is 24.1 Å². The molecule has 1 N–H and O–H groups in total. The molecule has 0 unspecified atom stereocenters. The van der Waals surface area contributed by atoms with Crippen molar-refractivity contribution in [2.45, 2.75) is 31.9 Å². The number of rotatable bonds is 7. The van der Waals surface area contributed by atoms with Crippen molar-refractivity contribution in [3.05, 3.63) is 48.0 Å². The third kappa shape index (κ3) is 4.37. The van der Waals surface area contributed by atoms with Gasteiger partial charge in [0.25, 0.3) is 0 Å². The second-order valence-corrected chi connectivity index (χ2v) is 5.55. The zero-order valence-electron chi connectivity index (χ0n) is 12.2. The standard InChI is InChI=1S/C16H22N4O/c1-2-7-17-15(4-1)12-20(13-16-5-3-9-21-16)8-6-14-10-18-19-11-14/h1-2,4,7,10-11,16H,3,5-6,8-9,12-13H2,(H,18,19)/t16-/m0/s1. The normalized spacial score (nSPS) is 18.4. The van der Waals surface area contributed by atoms with E-state index in [4.69, 9.17) is 4.74 Å². The largest absolute Gasteiger partial charge is 0.377 e. The molecule has 21 heavy (non-hydrogen) atoms. The van der Waals surface area contributed by atoms with Crippen LogP contribution in [0, 0.1) is 0 Å². The first-order valence-electron chi connectivity index (χ1n) is 7.61. The van der Waals surface area contributed by atoms with E-state index in [0.29, 0.717) is 6.10 Å². The maximum atomic E-state index is 5.78. The Morgan fingerprint density at radius 2 is 2.38 bits per heavy atom. The van der Waals surface area contributed by atoms with Crippen molar-refractivity contribution in [1.82, 2.24) is 20.1 Å². The average Bonchev–Trinajstić information content (AvgIpc) is 3.19. The second-order valence-electron chi connectivity index (χ2n) is 5.55. The Morgan fingerprint density at radius 3 is 3.10 bits per heavy atom. The number of hydrogen-bond donors (Lipinski definition) is 1. The summed E-state index contributed by atoms with van der Waals surface area (Å²) in [6.45, 7) is 3.76. The fraction of sp³-hybridized carbons (Fsp3) is 0.500. The molecule has 0 amide bonds. The van der Waals surface area contributed by atoms with Crippen LogP contribution in [0.5, 0.6) is 0 Å². The summed E-state index contributed by atoms with van der Waals surface area (Å²) >= 11 is 0. The van der Waals surface area contributed by atoms with Crippen molar-refractivity contribution in [2.75, 3.05) is 19.7 Å². The number of aromatic amines is 1. The maximum Gasteiger partial charge on any atom is 0.0702 e. The molecule has 2 aromatic rings. The smallest absolute Gasteiger partial charge is 0.0702 e. The first kappa shape index (κ1) is 14.2. The molecule has 2 aromatic heterocycles. The van der Waals surface area contributed by atoms with E-state index in [9.17, 15) is 0 Å². The van der Waals surface area contributed by atoms with Crippen LogP contribution in [0.4, 0.5) is 0 Å². The number of hydrogen-bond acceptors (Lipinski definition) is 4. The van der Waals surface area contributed by atoms with Gasteiger partial charge in [0.15, 0.2) is 0 Å². The molecule has 5 nitrogen and oxygen atoms in total. The molecule has 0 aromatic carbocycles. The van der Waals surface area contributed by atoms with E-state index >= 15 is 0 Å². The Bertz CT molecular complexity index is 508. The highest BCUT2D eigenvalue weighted by molar-refractivity contribution is 5.05. The fourth-order valence-electron chi connectivity index (χ4n) is 2.73. The van der Waals surface area contributed by atoms with Gasteiger partial charge in [-0.1, -0.05) is 6.07 Å². The predicted octanol–water partition coefficient (Wildman–Crippen LogP) is 2.03. The highest BCUT2D eigenvalue weighted by atomic mass is 16.5. The molecule has 1 atom stereocenters. The number of nitrogens with zero attached hydrogens (tertiary/aromatic N) is 3. The molecule has 1 fully saturated rings. The summed E-state index contributed by atoms with van der Waals surface area (Å²) < 4.78 is 5.78. The van der Waals surface area contributed by atoms with Crippen LogP contribution in [0.2, 0.25) is 0 Å². The summed E-state index contributed by atoms with van der Waals surface area (Å²) in [5.74, 6) is 0. The first-order valence-corrected chi connectivity index (χ1v) is 7.61. The third-order valence-corrected chi connectivity index (χ3v) is 3.87. The summed E-state index contributed by atoms with van der Waals surface area (Å²) in [5.41, 5.74) is 2.36. The number of pyridine rings is 1. The number of nitrogens with one attached hydrogen (secondary N) is 1. The summed E-state index contributed by atoms with van der Waals surface area (Å²) in [5, 5.41) is 6.88. The molecule has 1 aliphatic heterocycles. The molecule has 1 aliphatic rings. The lowest BCUT2D eigenvalue weighted by Crippen LogP contribution is -2.33. The van der Waals surface area contributed by atoms with Gasteiger partial charge in [0.1, 0.15) is 0 Å². The quantitative estimate of drug-likeness (QED) is 0.846. The number of aromatic nitrogens is 3. The van der Waals surface area contributed by atoms with Crippen LogP contribution in [0.25, 0.3) is 0 Å². The highest BCUT2D eigenvalue weighted by Crippen LogP contribution is 2.15. The molecule has 0 spiro atoms. The van der Waals surface area contributed by atoms with Crippen LogP contribution in [-0.4, -0.2) is 45.9 Å². The van der Waals surface area contributed by atoms with E-state index in [1.807, 2.05) is 30.7 Å². The van der Waals surface area contributed by atoms with Gasteiger partial charge in [0.2, 0.25) is 0 Å². The molecule has 0 radical (unpaired) electrons. The van der Waals surface area contributed by atoms with Gasteiger partial charge in [-0.3, -0.25) is 15.0 Å². The summed E-state index contributed by atoms with van der Waals surface area (Å²) in [6, 6.07) is 6.09. The van der Waals surface area contributed by atoms with Gasteiger partial charge in [0, 0.05) is 38.6 Å². The molecule has 3 heterocycles. The van der Waals surface area contributed by atoms with Crippen molar-refractivity contribution in [3.8, 4) is 0 Å². The number of ether oxygens (including phenoxy) is 1. The summed E-state index contributed by atoms with van der Waals surface area (Å²) in [6.07, 6.45) is 9.44. The van der Waals surface area contributed by atoms with Gasteiger partial charge in [-0.25, -0.2) is 0 Å². The zero-order chi connectivity index (χ0) is 14.3. The van der Waals surface area contributed by atoms with Crippen molar-refractivity contribution < 1.29 is 4.74 Å². The van der Waals surface area contributed by atoms with Crippen molar-refractivity contribution in [3.63, 3.8) is 0 Å². The van der Waals surface area contributed by atoms with E-state index in [2.05, 4.69) is 26.1 Å². The molecule has 3 rings (SSSR count). The fourth-order valence-corrected chi connectivity index (χ4v) is 2.73. The van der Waals surface area contributed by atoms with Crippen LogP contribution in [0.3, 0.4) is 0 Å². The first-order chi connectivity index (χ1) is 10.4. The Hall–Kier alpha value is -1.72. The van der Waals surface area contributed by atoms with Crippen molar-refractivity contribution >= 4 is 0 Å². The summed E-state index contributed by atoms with van der Waals surface area (Å²) in [7, 11) is 0. The summed E-state index contributed by atoms with van der Waals surface area (Å²) in [4.78, 5) is 6.87. The van der Waals surface area contributed by atoms with Crippen LogP contribution in [0.15, 0.2) is 36.8 Å². The monoisotopic (exact) mass is 286 g/mol. The SMILES string of the molecule is c1ccc(CN(CCc2cn[nH]c2)C[C@@H]2CCCO2)nc1. The second kappa shape index (κ2) is 7.33. The van der Waals surface area contributed by atoms with Crippen LogP contribution in [-0.2, 0) is 17.7 Å². The van der Waals surface area contributed by atoms with E-state index < -0.39 is 0 Å². The van der Waals surface area contributed by atoms with Gasteiger partial charge in [-0.05, 0) is 37.0 Å². The zero-order valence-corrected chi connectivity index (χ0v) is 12.2. The lowest BCUT2D eigenvalue weighted by Gasteiger charge is -2.24. The average molecular weight is 286 g/mol. The Balaban J connectivity index is 1.58. The van der Waals surface area contributed by atoms with Gasteiger partial charge >= 0.3 is 0 Å². The van der Waals surface area contributed by atoms with Gasteiger partial charge in [0.05, 0.1) is 18.0 Å². The number of H-pyrrole nitrogens is 1. The topological polar surface area (TPSA) is 54.0 Å². The minimum Gasteiger partial charge on any atom is -0.377 e. The Labute approximate surface area is 125 Å². The minimum atomic E-state index is 0.373. The minimum absolute atomic E-state index is 0.373. The molecule has 0 bridgehead atoms. The van der Waals surface area contributed by atoms with Gasteiger partial charge < -0.3 is 4.74 Å².